The smallest absolute Gasteiger partial charge is 0.260 e. The highest BCUT2D eigenvalue weighted by atomic mass is 19.1. The van der Waals surface area contributed by atoms with Gasteiger partial charge in [0.25, 0.3) is 5.91 Å². The lowest BCUT2D eigenvalue weighted by atomic mass is 9.79. The highest BCUT2D eigenvalue weighted by molar-refractivity contribution is 5.80. The molecule has 0 aromatic heterocycles. The topological polar surface area (TPSA) is 67.9 Å². The summed E-state index contributed by atoms with van der Waals surface area (Å²) in [4.78, 5) is 27.1. The van der Waals surface area contributed by atoms with E-state index in [4.69, 9.17) is 9.47 Å². The van der Waals surface area contributed by atoms with E-state index >= 15 is 0 Å². The maximum atomic E-state index is 13.8. The third kappa shape index (κ3) is 4.50. The van der Waals surface area contributed by atoms with Crippen molar-refractivity contribution in [2.75, 3.05) is 26.8 Å². The van der Waals surface area contributed by atoms with Crippen molar-refractivity contribution >= 4 is 11.8 Å². The Morgan fingerprint density at radius 3 is 2.87 bits per heavy atom. The van der Waals surface area contributed by atoms with Crippen LogP contribution >= 0.6 is 0 Å². The van der Waals surface area contributed by atoms with Crippen LogP contribution < -0.4 is 14.8 Å². The molecular weight excluding hydrogens is 399 g/mol. The molecule has 0 aliphatic carbocycles. The first-order chi connectivity index (χ1) is 15.0. The number of nitrogens with one attached hydrogen (secondary N) is 1. The van der Waals surface area contributed by atoms with Gasteiger partial charge in [0.2, 0.25) is 5.91 Å². The van der Waals surface area contributed by atoms with Crippen LogP contribution in [0.2, 0.25) is 0 Å². The molecule has 6 nitrogen and oxygen atoms in total. The highest BCUT2D eigenvalue weighted by Gasteiger charge is 2.49. The third-order valence-electron chi connectivity index (χ3n) is 6.24. The zero-order valence-corrected chi connectivity index (χ0v) is 17.6. The van der Waals surface area contributed by atoms with Crippen LogP contribution in [0.15, 0.2) is 48.5 Å². The molecule has 2 amide bonds. The van der Waals surface area contributed by atoms with E-state index in [9.17, 15) is 14.0 Å². The number of nitrogens with zero attached hydrogens (tertiary/aromatic N) is 1. The molecule has 7 heteroatoms. The molecule has 2 atom stereocenters. The van der Waals surface area contributed by atoms with Crippen LogP contribution in [0.1, 0.15) is 37.2 Å². The van der Waals surface area contributed by atoms with Gasteiger partial charge in [0.1, 0.15) is 5.75 Å². The molecule has 31 heavy (non-hydrogen) atoms. The van der Waals surface area contributed by atoms with E-state index in [1.165, 1.54) is 12.1 Å². The lowest BCUT2D eigenvalue weighted by Gasteiger charge is -2.34. The Morgan fingerprint density at radius 1 is 1.23 bits per heavy atom. The van der Waals surface area contributed by atoms with Crippen molar-refractivity contribution in [3.63, 3.8) is 0 Å². The number of amides is 2. The standard InChI is InChI=1S/C24H27FN2O4/c1-30-18-8-6-7-17(13-18)19-14-27(16-24(19)12-5-4-11-22(28)26-24)23(29)15-31-21-10-3-2-9-20(21)25/h2-3,6-10,13,19H,4-5,11-12,14-16H2,1H3,(H,26,28)/t19-,24+/m0/s1. The average molecular weight is 426 g/mol. The van der Waals surface area contributed by atoms with Gasteiger partial charge < -0.3 is 19.7 Å². The molecule has 164 valence electrons. The van der Waals surface area contributed by atoms with Crippen molar-refractivity contribution in [2.24, 2.45) is 0 Å². The van der Waals surface area contributed by atoms with Crippen LogP contribution in [0.5, 0.6) is 11.5 Å². The fourth-order valence-electron chi connectivity index (χ4n) is 4.68. The fraction of sp³-hybridized carbons (Fsp3) is 0.417. The van der Waals surface area contributed by atoms with Crippen LogP contribution in [0, 0.1) is 5.82 Å². The van der Waals surface area contributed by atoms with E-state index in [2.05, 4.69) is 5.32 Å². The predicted octanol–water partition coefficient (Wildman–Crippen LogP) is 3.27. The van der Waals surface area contributed by atoms with Gasteiger partial charge in [-0.15, -0.1) is 0 Å². The summed E-state index contributed by atoms with van der Waals surface area (Å²) >= 11 is 0. The summed E-state index contributed by atoms with van der Waals surface area (Å²) < 4.78 is 24.7. The van der Waals surface area contributed by atoms with Gasteiger partial charge in [-0.2, -0.15) is 0 Å². The Morgan fingerprint density at radius 2 is 2.06 bits per heavy atom. The Hall–Kier alpha value is -3.09. The number of rotatable bonds is 5. The van der Waals surface area contributed by atoms with Crippen LogP contribution in [0.25, 0.3) is 0 Å². The molecule has 1 spiro atoms. The predicted molar refractivity (Wildman–Crippen MR) is 114 cm³/mol. The zero-order valence-electron chi connectivity index (χ0n) is 17.6. The van der Waals surface area contributed by atoms with Crippen molar-refractivity contribution in [2.45, 2.75) is 37.1 Å². The van der Waals surface area contributed by atoms with Crippen LogP contribution in [-0.4, -0.2) is 49.1 Å². The summed E-state index contributed by atoms with van der Waals surface area (Å²) in [6.45, 7) is 0.600. The van der Waals surface area contributed by atoms with E-state index < -0.39 is 11.4 Å². The van der Waals surface area contributed by atoms with Crippen molar-refractivity contribution in [3.8, 4) is 11.5 Å². The van der Waals surface area contributed by atoms with Crippen LogP contribution in [0.3, 0.4) is 0 Å². The maximum Gasteiger partial charge on any atom is 0.260 e. The molecule has 2 fully saturated rings. The lowest BCUT2D eigenvalue weighted by molar-refractivity contribution is -0.133. The second kappa shape index (κ2) is 8.96. The Labute approximate surface area is 181 Å². The van der Waals surface area contributed by atoms with Gasteiger partial charge in [-0.1, -0.05) is 30.7 Å². The van der Waals surface area contributed by atoms with Gasteiger partial charge in [0.15, 0.2) is 18.2 Å². The lowest BCUT2D eigenvalue weighted by Crippen LogP contribution is -2.53. The van der Waals surface area contributed by atoms with Gasteiger partial charge in [0.05, 0.1) is 12.6 Å². The first-order valence-corrected chi connectivity index (χ1v) is 10.6. The maximum absolute atomic E-state index is 13.8. The Kier molecular flexibility index (Phi) is 6.11. The van der Waals surface area contributed by atoms with Gasteiger partial charge in [-0.25, -0.2) is 4.39 Å². The number of hydrogen-bond acceptors (Lipinski definition) is 4. The second-order valence-corrected chi connectivity index (χ2v) is 8.23. The number of benzene rings is 2. The summed E-state index contributed by atoms with van der Waals surface area (Å²) in [5.41, 5.74) is 0.486. The quantitative estimate of drug-likeness (QED) is 0.797. The number of hydrogen-bond donors (Lipinski definition) is 1. The minimum absolute atomic E-state index is 0.0160. The molecule has 0 bridgehead atoms. The van der Waals surface area contributed by atoms with Gasteiger partial charge in [0, 0.05) is 25.4 Å². The van der Waals surface area contributed by atoms with Gasteiger partial charge >= 0.3 is 0 Å². The van der Waals surface area contributed by atoms with Crippen molar-refractivity contribution in [1.29, 1.82) is 0 Å². The van der Waals surface area contributed by atoms with Gasteiger partial charge in [-0.05, 0) is 42.7 Å². The summed E-state index contributed by atoms with van der Waals surface area (Å²) in [5, 5.41) is 3.23. The molecular formula is C24H27FN2O4. The largest absolute Gasteiger partial charge is 0.497 e. The number of ether oxygens (including phenoxy) is 2. The first kappa shape index (κ1) is 21.2. The number of carbonyl (C=O) groups is 2. The first-order valence-electron chi connectivity index (χ1n) is 10.6. The van der Waals surface area contributed by atoms with Gasteiger partial charge in [-0.3, -0.25) is 9.59 Å². The molecule has 2 aromatic rings. The Bertz CT molecular complexity index is 966. The molecule has 0 saturated carbocycles. The molecule has 1 N–H and O–H groups in total. The van der Waals surface area contributed by atoms with Crippen LogP contribution in [0.4, 0.5) is 4.39 Å². The van der Waals surface area contributed by atoms with Crippen LogP contribution in [-0.2, 0) is 9.59 Å². The molecule has 2 aliphatic rings. The minimum atomic E-state index is -0.534. The summed E-state index contributed by atoms with van der Waals surface area (Å²) in [6, 6.07) is 13.8. The summed E-state index contributed by atoms with van der Waals surface area (Å²) in [6.07, 6.45) is 3.03. The minimum Gasteiger partial charge on any atom is -0.497 e. The van der Waals surface area contributed by atoms with E-state index in [1.807, 2.05) is 24.3 Å². The van der Waals surface area contributed by atoms with E-state index in [1.54, 1.807) is 24.1 Å². The third-order valence-corrected chi connectivity index (χ3v) is 6.24. The average Bonchev–Trinajstić information content (AvgIpc) is 3.04. The van der Waals surface area contributed by atoms with E-state index in [-0.39, 0.29) is 30.1 Å². The normalized spacial score (nSPS) is 23.4. The van der Waals surface area contributed by atoms with Crippen molar-refractivity contribution in [1.82, 2.24) is 10.2 Å². The number of halogens is 1. The molecule has 4 rings (SSSR count). The second-order valence-electron chi connectivity index (χ2n) is 8.23. The molecule has 0 radical (unpaired) electrons. The van der Waals surface area contributed by atoms with E-state index in [0.29, 0.717) is 19.5 Å². The highest BCUT2D eigenvalue weighted by Crippen LogP contribution is 2.41. The number of para-hydroxylation sites is 1. The zero-order chi connectivity index (χ0) is 21.8. The summed E-state index contributed by atoms with van der Waals surface area (Å²) in [7, 11) is 1.62. The summed E-state index contributed by atoms with van der Waals surface area (Å²) in [5.74, 6) is 0.00602. The molecule has 2 aromatic carbocycles. The number of carbonyl (C=O) groups excluding carboxylic acids is 2. The molecule has 2 saturated heterocycles. The van der Waals surface area contributed by atoms with Crippen molar-refractivity contribution < 1.29 is 23.5 Å². The monoisotopic (exact) mass is 426 g/mol. The van der Waals surface area contributed by atoms with E-state index in [0.717, 1.165) is 30.6 Å². The molecule has 2 heterocycles. The Balaban J connectivity index is 1.57. The number of methoxy groups -OCH3 is 1. The number of likely N-dealkylation sites (tertiary alicyclic amines) is 1. The molecule has 2 aliphatic heterocycles. The fourth-order valence-corrected chi connectivity index (χ4v) is 4.68. The van der Waals surface area contributed by atoms with Crippen molar-refractivity contribution in [3.05, 3.63) is 59.9 Å². The molecule has 0 unspecified atom stereocenters. The SMILES string of the molecule is COc1cccc([C@@H]2CN(C(=O)COc3ccccc3F)C[C@]23CCCCC(=O)N3)c1.